The number of carbonyl (C=O) groups is 3. The number of rotatable bonds is 3. The number of hydrogen-bond donors (Lipinski definition) is 0. The van der Waals surface area contributed by atoms with Gasteiger partial charge >= 0.3 is 5.97 Å². The van der Waals surface area contributed by atoms with Gasteiger partial charge in [-0.2, -0.15) is 0 Å². The number of ether oxygens (including phenoxy) is 1. The Hall–Kier alpha value is -3.15. The van der Waals surface area contributed by atoms with Crippen molar-refractivity contribution in [3.8, 4) is 0 Å². The number of esters is 1. The minimum absolute atomic E-state index is 0.00183. The van der Waals surface area contributed by atoms with E-state index in [9.17, 15) is 14.4 Å². The molecule has 2 heterocycles. The van der Waals surface area contributed by atoms with E-state index in [1.54, 1.807) is 34.1 Å². The summed E-state index contributed by atoms with van der Waals surface area (Å²) in [6.07, 6.45) is 1.05. The van der Waals surface area contributed by atoms with Gasteiger partial charge in [0.05, 0.1) is 18.6 Å². The number of carbonyl (C=O) groups excluding carboxylic acids is 3. The second-order valence-electron chi connectivity index (χ2n) is 6.81. The van der Waals surface area contributed by atoms with Crippen LogP contribution in [0.4, 0.5) is 11.4 Å². The molecule has 2 aliphatic heterocycles. The monoisotopic (exact) mass is 364 g/mol. The number of methoxy groups -OCH3 is 1. The predicted molar refractivity (Wildman–Crippen MR) is 101 cm³/mol. The van der Waals surface area contributed by atoms with Crippen LogP contribution in [-0.2, 0) is 20.7 Å². The zero-order valence-corrected chi connectivity index (χ0v) is 15.1. The topological polar surface area (TPSA) is 66.9 Å². The third-order valence-corrected chi connectivity index (χ3v) is 5.23. The summed E-state index contributed by atoms with van der Waals surface area (Å²) in [6, 6.07) is 14.6. The third-order valence-electron chi connectivity index (χ3n) is 5.23. The van der Waals surface area contributed by atoms with Gasteiger partial charge in [-0.05, 0) is 42.3 Å². The van der Waals surface area contributed by atoms with Crippen LogP contribution < -0.4 is 9.80 Å². The molecule has 6 nitrogen and oxygen atoms in total. The van der Waals surface area contributed by atoms with Crippen LogP contribution in [0.1, 0.15) is 22.3 Å². The predicted octanol–water partition coefficient (Wildman–Crippen LogP) is 2.42. The Kier molecular flexibility index (Phi) is 4.39. The van der Waals surface area contributed by atoms with E-state index in [1.807, 2.05) is 24.3 Å². The van der Waals surface area contributed by atoms with Crippen LogP contribution in [0.15, 0.2) is 48.5 Å². The van der Waals surface area contributed by atoms with Gasteiger partial charge in [0.2, 0.25) is 11.8 Å². The third kappa shape index (κ3) is 3.07. The Morgan fingerprint density at radius 3 is 2.56 bits per heavy atom. The number of amides is 2. The van der Waals surface area contributed by atoms with Crippen LogP contribution in [0, 0.1) is 5.92 Å². The Balaban J connectivity index is 1.49. The highest BCUT2D eigenvalue weighted by molar-refractivity contribution is 6.05. The molecular formula is C21H20N2O4. The number of benzene rings is 2. The molecule has 0 spiro atoms. The molecule has 2 aliphatic rings. The van der Waals surface area contributed by atoms with E-state index < -0.39 is 5.97 Å². The average Bonchev–Trinajstić information content (AvgIpc) is 3.31. The first kappa shape index (κ1) is 17.3. The largest absolute Gasteiger partial charge is 0.465 e. The van der Waals surface area contributed by atoms with Crippen LogP contribution in [0.5, 0.6) is 0 Å². The lowest BCUT2D eigenvalue weighted by molar-refractivity contribution is -0.124. The van der Waals surface area contributed by atoms with Crippen molar-refractivity contribution in [2.75, 3.05) is 30.0 Å². The van der Waals surface area contributed by atoms with E-state index in [1.165, 1.54) is 12.7 Å². The molecule has 1 fully saturated rings. The highest BCUT2D eigenvalue weighted by atomic mass is 16.5. The van der Waals surface area contributed by atoms with E-state index in [-0.39, 0.29) is 24.2 Å². The van der Waals surface area contributed by atoms with E-state index >= 15 is 0 Å². The van der Waals surface area contributed by atoms with Crippen molar-refractivity contribution < 1.29 is 19.1 Å². The minimum atomic E-state index is -0.421. The van der Waals surface area contributed by atoms with Crippen molar-refractivity contribution in [1.82, 2.24) is 0 Å². The molecule has 2 aromatic rings. The van der Waals surface area contributed by atoms with Crippen molar-refractivity contribution in [3.63, 3.8) is 0 Å². The summed E-state index contributed by atoms with van der Waals surface area (Å²) in [6.45, 7) is 1.02. The normalized spacial score (nSPS) is 18.6. The van der Waals surface area contributed by atoms with Crippen molar-refractivity contribution in [2.24, 2.45) is 5.92 Å². The van der Waals surface area contributed by atoms with E-state index in [0.717, 1.165) is 12.1 Å². The molecule has 2 aromatic carbocycles. The summed E-state index contributed by atoms with van der Waals surface area (Å²) < 4.78 is 4.69. The molecule has 0 N–H and O–H groups in total. The summed E-state index contributed by atoms with van der Waals surface area (Å²) in [7, 11) is 1.33. The molecule has 0 radical (unpaired) electrons. The lowest BCUT2D eigenvalue weighted by Crippen LogP contribution is -2.36. The molecule has 1 atom stereocenters. The van der Waals surface area contributed by atoms with Crippen LogP contribution in [0.25, 0.3) is 0 Å². The molecule has 0 aromatic heterocycles. The maximum atomic E-state index is 13.0. The second kappa shape index (κ2) is 6.87. The molecule has 1 unspecified atom stereocenters. The van der Waals surface area contributed by atoms with Gasteiger partial charge in [0.1, 0.15) is 0 Å². The first-order valence-electron chi connectivity index (χ1n) is 8.96. The number of hydrogen-bond acceptors (Lipinski definition) is 4. The van der Waals surface area contributed by atoms with Crippen molar-refractivity contribution >= 4 is 29.2 Å². The zero-order valence-electron chi connectivity index (χ0n) is 15.1. The van der Waals surface area contributed by atoms with Gasteiger partial charge in [0.25, 0.3) is 0 Å². The first-order chi connectivity index (χ1) is 13.1. The van der Waals surface area contributed by atoms with Crippen LogP contribution in [0.2, 0.25) is 0 Å². The van der Waals surface area contributed by atoms with Gasteiger partial charge in [-0.3, -0.25) is 9.59 Å². The average molecular weight is 364 g/mol. The number of fused-ring (bicyclic) bond motifs is 1. The molecule has 27 heavy (non-hydrogen) atoms. The Labute approximate surface area is 157 Å². The first-order valence-corrected chi connectivity index (χ1v) is 8.96. The summed E-state index contributed by atoms with van der Waals surface area (Å²) in [5, 5.41) is 0. The molecule has 1 saturated heterocycles. The molecular weight excluding hydrogens is 344 g/mol. The van der Waals surface area contributed by atoms with E-state index in [2.05, 4.69) is 4.74 Å². The molecule has 0 bridgehead atoms. The van der Waals surface area contributed by atoms with Crippen LogP contribution in [0.3, 0.4) is 0 Å². The van der Waals surface area contributed by atoms with Crippen LogP contribution >= 0.6 is 0 Å². The minimum Gasteiger partial charge on any atom is -0.465 e. The summed E-state index contributed by atoms with van der Waals surface area (Å²) in [4.78, 5) is 40.5. The number of nitrogens with zero attached hydrogens (tertiary/aromatic N) is 2. The summed E-state index contributed by atoms with van der Waals surface area (Å²) in [5.74, 6) is -0.854. The van der Waals surface area contributed by atoms with Crippen molar-refractivity contribution in [1.29, 1.82) is 0 Å². The summed E-state index contributed by atoms with van der Waals surface area (Å²) in [5.41, 5.74) is 3.24. The Morgan fingerprint density at radius 2 is 1.81 bits per heavy atom. The molecule has 138 valence electrons. The molecule has 6 heteroatoms. The lowest BCUT2D eigenvalue weighted by Gasteiger charge is -2.21. The van der Waals surface area contributed by atoms with Gasteiger partial charge in [0, 0.05) is 30.9 Å². The van der Waals surface area contributed by atoms with Crippen molar-refractivity contribution in [2.45, 2.75) is 12.8 Å². The Bertz CT molecular complexity index is 907. The number of anilines is 2. The molecule has 0 saturated carbocycles. The quantitative estimate of drug-likeness (QED) is 0.785. The fourth-order valence-electron chi connectivity index (χ4n) is 3.81. The van der Waals surface area contributed by atoms with Crippen molar-refractivity contribution in [3.05, 3.63) is 59.7 Å². The van der Waals surface area contributed by atoms with E-state index in [0.29, 0.717) is 24.3 Å². The fraction of sp³-hybridized carbons (Fsp3) is 0.286. The SMILES string of the molecule is COC(=O)c1ccc(N2CC(C(=O)N3CCc4ccccc43)CC2=O)cc1. The summed E-state index contributed by atoms with van der Waals surface area (Å²) >= 11 is 0. The maximum Gasteiger partial charge on any atom is 0.337 e. The van der Waals surface area contributed by atoms with Gasteiger partial charge in [0.15, 0.2) is 0 Å². The lowest BCUT2D eigenvalue weighted by atomic mass is 10.1. The standard InChI is InChI=1S/C21H20N2O4/c1-27-21(26)15-6-8-17(9-7-15)23-13-16(12-19(23)24)20(25)22-11-10-14-4-2-3-5-18(14)22/h2-9,16H,10-13H2,1H3. The zero-order chi connectivity index (χ0) is 19.0. The fourth-order valence-corrected chi connectivity index (χ4v) is 3.81. The highest BCUT2D eigenvalue weighted by Crippen LogP contribution is 2.32. The Morgan fingerprint density at radius 1 is 1.07 bits per heavy atom. The van der Waals surface area contributed by atoms with Gasteiger partial charge < -0.3 is 14.5 Å². The van der Waals surface area contributed by atoms with Gasteiger partial charge in [-0.25, -0.2) is 4.79 Å². The van der Waals surface area contributed by atoms with Gasteiger partial charge in [-0.15, -0.1) is 0 Å². The maximum absolute atomic E-state index is 13.0. The molecule has 2 amide bonds. The molecule has 4 rings (SSSR count). The van der Waals surface area contributed by atoms with E-state index in [4.69, 9.17) is 0 Å². The second-order valence-corrected chi connectivity index (χ2v) is 6.81. The smallest absolute Gasteiger partial charge is 0.337 e. The van der Waals surface area contributed by atoms with Gasteiger partial charge in [-0.1, -0.05) is 18.2 Å². The van der Waals surface area contributed by atoms with Crippen LogP contribution in [-0.4, -0.2) is 38.0 Å². The number of para-hydroxylation sites is 1. The molecule has 0 aliphatic carbocycles. The highest BCUT2D eigenvalue weighted by Gasteiger charge is 2.39.